The molecule has 0 amide bonds. The molecule has 1 rings (SSSR count). The summed E-state index contributed by atoms with van der Waals surface area (Å²) in [5.41, 5.74) is 2.51. The summed E-state index contributed by atoms with van der Waals surface area (Å²) >= 11 is 0. The Bertz CT molecular complexity index is 238. The van der Waals surface area contributed by atoms with Crippen LogP contribution < -0.4 is 0 Å². The van der Waals surface area contributed by atoms with Gasteiger partial charge in [0.15, 0.2) is 0 Å². The summed E-state index contributed by atoms with van der Waals surface area (Å²) in [7, 11) is 0. The van der Waals surface area contributed by atoms with Gasteiger partial charge in [0.25, 0.3) is 0 Å². The first-order valence-electron chi connectivity index (χ1n) is 6.35. The van der Waals surface area contributed by atoms with Gasteiger partial charge in [0.2, 0.25) is 0 Å². The average molecular weight is 208 g/mol. The molecule has 1 heteroatoms. The Kier molecular flexibility index (Phi) is 5.70. The van der Waals surface area contributed by atoms with Crippen molar-refractivity contribution in [2.75, 3.05) is 0 Å². The number of rotatable bonds is 5. The lowest BCUT2D eigenvalue weighted by Crippen LogP contribution is -2.05. The van der Waals surface area contributed by atoms with Crippen LogP contribution in [0.15, 0.2) is 23.3 Å². The smallest absolute Gasteiger partial charge is 0.0961 e. The van der Waals surface area contributed by atoms with Gasteiger partial charge in [-0.3, -0.25) is 0 Å². The Balaban J connectivity index is 2.48. The summed E-state index contributed by atoms with van der Waals surface area (Å²) in [6, 6.07) is 0. The van der Waals surface area contributed by atoms with Crippen molar-refractivity contribution in [3.63, 3.8) is 0 Å². The monoisotopic (exact) mass is 208 g/mol. The fourth-order valence-electron chi connectivity index (χ4n) is 2.05. The number of aliphatic hydroxyl groups is 1. The van der Waals surface area contributed by atoms with Gasteiger partial charge in [0.1, 0.15) is 0 Å². The normalized spacial score (nSPS) is 26.7. The van der Waals surface area contributed by atoms with Gasteiger partial charge in [-0.05, 0) is 36.8 Å². The first kappa shape index (κ1) is 12.5. The molecule has 1 N–H and O–H groups in total. The molecule has 86 valence electrons. The maximum atomic E-state index is 10.0. The SMILES string of the molecule is CCCC=C1CCC(=CCCCC)C1O. The Morgan fingerprint density at radius 1 is 1.07 bits per heavy atom. The minimum atomic E-state index is -0.256. The summed E-state index contributed by atoms with van der Waals surface area (Å²) in [6.45, 7) is 4.38. The van der Waals surface area contributed by atoms with Crippen LogP contribution in [0, 0.1) is 0 Å². The maximum Gasteiger partial charge on any atom is 0.0961 e. The largest absolute Gasteiger partial charge is 0.384 e. The third kappa shape index (κ3) is 3.83. The predicted molar refractivity (Wildman–Crippen MR) is 65.8 cm³/mol. The fraction of sp³-hybridized carbons (Fsp3) is 0.714. The van der Waals surface area contributed by atoms with Gasteiger partial charge in [-0.15, -0.1) is 0 Å². The topological polar surface area (TPSA) is 20.2 Å². The molecular formula is C14H24O. The molecule has 0 aromatic carbocycles. The highest BCUT2D eigenvalue weighted by Crippen LogP contribution is 2.31. The molecule has 0 bridgehead atoms. The Morgan fingerprint density at radius 2 is 1.67 bits per heavy atom. The van der Waals surface area contributed by atoms with E-state index in [9.17, 15) is 5.11 Å². The number of allylic oxidation sites excluding steroid dienone is 2. The molecule has 15 heavy (non-hydrogen) atoms. The van der Waals surface area contributed by atoms with E-state index in [0.29, 0.717) is 0 Å². The van der Waals surface area contributed by atoms with Crippen LogP contribution >= 0.6 is 0 Å². The summed E-state index contributed by atoms with van der Waals surface area (Å²) in [6.07, 6.45) is 12.2. The van der Waals surface area contributed by atoms with Crippen LogP contribution in [0.1, 0.15) is 58.8 Å². The lowest BCUT2D eigenvalue weighted by molar-refractivity contribution is 0.254. The summed E-state index contributed by atoms with van der Waals surface area (Å²) in [5, 5.41) is 10.0. The predicted octanol–water partition coefficient (Wildman–Crippen LogP) is 3.98. The van der Waals surface area contributed by atoms with Crippen molar-refractivity contribution in [3.05, 3.63) is 23.3 Å². The number of hydrogen-bond acceptors (Lipinski definition) is 1. The molecule has 0 heterocycles. The van der Waals surface area contributed by atoms with E-state index in [1.54, 1.807) is 0 Å². The van der Waals surface area contributed by atoms with Crippen LogP contribution in [-0.4, -0.2) is 11.2 Å². The molecule has 0 saturated heterocycles. The zero-order chi connectivity index (χ0) is 11.1. The van der Waals surface area contributed by atoms with E-state index in [2.05, 4.69) is 26.0 Å². The van der Waals surface area contributed by atoms with Gasteiger partial charge in [0.05, 0.1) is 6.10 Å². The van der Waals surface area contributed by atoms with E-state index in [4.69, 9.17) is 0 Å². The van der Waals surface area contributed by atoms with E-state index in [0.717, 1.165) is 25.7 Å². The average Bonchev–Trinajstić information content (AvgIpc) is 2.58. The van der Waals surface area contributed by atoms with Crippen LogP contribution in [-0.2, 0) is 0 Å². The molecule has 1 fully saturated rings. The Morgan fingerprint density at radius 3 is 2.20 bits per heavy atom. The number of aliphatic hydroxyl groups excluding tert-OH is 1. The van der Waals surface area contributed by atoms with Crippen LogP contribution in [0.25, 0.3) is 0 Å². The Labute approximate surface area is 93.9 Å². The highest BCUT2D eigenvalue weighted by Gasteiger charge is 2.22. The molecule has 0 spiro atoms. The molecular weight excluding hydrogens is 184 g/mol. The van der Waals surface area contributed by atoms with Gasteiger partial charge < -0.3 is 5.11 Å². The first-order valence-corrected chi connectivity index (χ1v) is 6.35. The van der Waals surface area contributed by atoms with Gasteiger partial charge in [0, 0.05) is 0 Å². The summed E-state index contributed by atoms with van der Waals surface area (Å²) in [5.74, 6) is 0. The third-order valence-corrected chi connectivity index (χ3v) is 3.06. The van der Waals surface area contributed by atoms with E-state index in [1.807, 2.05) is 0 Å². The standard InChI is InChI=1S/C14H24O/c1-3-5-7-9-13-11-10-12(14(13)15)8-6-4-2/h8-9,14-15H,3-7,10-11H2,1-2H3. The zero-order valence-corrected chi connectivity index (χ0v) is 10.1. The van der Waals surface area contributed by atoms with Gasteiger partial charge in [-0.2, -0.15) is 0 Å². The quantitative estimate of drug-likeness (QED) is 0.535. The second kappa shape index (κ2) is 6.84. The third-order valence-electron chi connectivity index (χ3n) is 3.06. The van der Waals surface area contributed by atoms with E-state index < -0.39 is 0 Å². The highest BCUT2D eigenvalue weighted by molar-refractivity contribution is 5.30. The van der Waals surface area contributed by atoms with Crippen molar-refractivity contribution >= 4 is 0 Å². The molecule has 1 unspecified atom stereocenters. The molecule has 1 saturated carbocycles. The lowest BCUT2D eigenvalue weighted by atomic mass is 10.1. The molecule has 0 aliphatic heterocycles. The van der Waals surface area contributed by atoms with Crippen LogP contribution in [0.3, 0.4) is 0 Å². The maximum absolute atomic E-state index is 10.0. The van der Waals surface area contributed by atoms with Crippen molar-refractivity contribution in [2.45, 2.75) is 64.9 Å². The van der Waals surface area contributed by atoms with Crippen LogP contribution in [0.4, 0.5) is 0 Å². The van der Waals surface area contributed by atoms with Gasteiger partial charge in [-0.1, -0.05) is 45.3 Å². The fourth-order valence-corrected chi connectivity index (χ4v) is 2.05. The number of hydrogen-bond donors (Lipinski definition) is 1. The van der Waals surface area contributed by atoms with Crippen molar-refractivity contribution < 1.29 is 5.11 Å². The lowest BCUT2D eigenvalue weighted by Gasteiger charge is -2.06. The van der Waals surface area contributed by atoms with Crippen LogP contribution in [0.5, 0.6) is 0 Å². The molecule has 1 aliphatic carbocycles. The second-order valence-electron chi connectivity index (χ2n) is 4.39. The molecule has 1 nitrogen and oxygen atoms in total. The minimum Gasteiger partial charge on any atom is -0.384 e. The second-order valence-corrected chi connectivity index (χ2v) is 4.39. The molecule has 0 aromatic heterocycles. The van der Waals surface area contributed by atoms with Crippen LogP contribution in [0.2, 0.25) is 0 Å². The van der Waals surface area contributed by atoms with Gasteiger partial charge in [-0.25, -0.2) is 0 Å². The first-order chi connectivity index (χ1) is 7.29. The van der Waals surface area contributed by atoms with Crippen molar-refractivity contribution in [3.8, 4) is 0 Å². The molecule has 0 radical (unpaired) electrons. The van der Waals surface area contributed by atoms with Crippen molar-refractivity contribution in [1.29, 1.82) is 0 Å². The zero-order valence-electron chi connectivity index (χ0n) is 10.1. The van der Waals surface area contributed by atoms with Crippen molar-refractivity contribution in [2.24, 2.45) is 0 Å². The van der Waals surface area contributed by atoms with E-state index >= 15 is 0 Å². The highest BCUT2D eigenvalue weighted by atomic mass is 16.3. The molecule has 1 atom stereocenters. The molecule has 1 aliphatic rings. The van der Waals surface area contributed by atoms with Gasteiger partial charge >= 0.3 is 0 Å². The minimum absolute atomic E-state index is 0.256. The van der Waals surface area contributed by atoms with E-state index in [1.165, 1.54) is 30.4 Å². The Hall–Kier alpha value is -0.560. The molecule has 0 aromatic rings. The summed E-state index contributed by atoms with van der Waals surface area (Å²) < 4.78 is 0. The van der Waals surface area contributed by atoms with E-state index in [-0.39, 0.29) is 6.10 Å². The number of unbranched alkanes of at least 4 members (excludes halogenated alkanes) is 3. The summed E-state index contributed by atoms with van der Waals surface area (Å²) in [4.78, 5) is 0. The van der Waals surface area contributed by atoms with Crippen molar-refractivity contribution in [1.82, 2.24) is 0 Å².